The van der Waals surface area contributed by atoms with Gasteiger partial charge < -0.3 is 10.7 Å². The van der Waals surface area contributed by atoms with Crippen molar-refractivity contribution in [2.45, 2.75) is 6.42 Å². The molecule has 2 rings (SSSR count). The van der Waals surface area contributed by atoms with Gasteiger partial charge in [0.25, 0.3) is 0 Å². The van der Waals surface area contributed by atoms with Crippen molar-refractivity contribution in [2.24, 2.45) is 12.9 Å². The standard InChI is InChI=1S/C12H16N6O2/c1-17-9(6-8-15-17)5-7-14-10-3-2-4-11(16-13)12(10)18(19)20/h2-4,6,8,14,16H,5,7,13H2,1H3. The molecule has 0 aliphatic carbocycles. The van der Waals surface area contributed by atoms with E-state index in [2.05, 4.69) is 15.8 Å². The molecule has 8 heteroatoms. The van der Waals surface area contributed by atoms with Crippen LogP contribution in [-0.4, -0.2) is 21.2 Å². The van der Waals surface area contributed by atoms with Gasteiger partial charge in [-0.25, -0.2) is 0 Å². The van der Waals surface area contributed by atoms with Crippen molar-refractivity contribution in [3.05, 3.63) is 46.3 Å². The number of nitrogens with two attached hydrogens (primary N) is 1. The number of aryl methyl sites for hydroxylation is 1. The molecule has 20 heavy (non-hydrogen) atoms. The quantitative estimate of drug-likeness (QED) is 0.416. The molecule has 2 aromatic rings. The lowest BCUT2D eigenvalue weighted by Gasteiger charge is -2.09. The highest BCUT2D eigenvalue weighted by molar-refractivity contribution is 5.75. The molecular formula is C12H16N6O2. The van der Waals surface area contributed by atoms with Crippen molar-refractivity contribution in [1.82, 2.24) is 9.78 Å². The number of nitro benzene ring substituents is 1. The zero-order chi connectivity index (χ0) is 14.5. The molecule has 0 aliphatic rings. The van der Waals surface area contributed by atoms with E-state index in [1.54, 1.807) is 29.1 Å². The van der Waals surface area contributed by atoms with Gasteiger partial charge in [-0.15, -0.1) is 0 Å². The maximum Gasteiger partial charge on any atom is 0.316 e. The first kappa shape index (κ1) is 13.8. The van der Waals surface area contributed by atoms with Crippen molar-refractivity contribution in [2.75, 3.05) is 17.3 Å². The normalized spacial score (nSPS) is 10.3. The number of para-hydroxylation sites is 1. The van der Waals surface area contributed by atoms with E-state index in [0.717, 1.165) is 5.69 Å². The second kappa shape index (κ2) is 6.02. The molecular weight excluding hydrogens is 260 g/mol. The Morgan fingerprint density at radius 2 is 2.15 bits per heavy atom. The van der Waals surface area contributed by atoms with E-state index in [0.29, 0.717) is 18.7 Å². The number of nitrogens with zero attached hydrogens (tertiary/aromatic N) is 3. The lowest BCUT2D eigenvalue weighted by molar-refractivity contribution is -0.383. The highest BCUT2D eigenvalue weighted by Gasteiger charge is 2.18. The van der Waals surface area contributed by atoms with Gasteiger partial charge in [-0.2, -0.15) is 5.10 Å². The Morgan fingerprint density at radius 3 is 2.75 bits per heavy atom. The number of hydrogen-bond acceptors (Lipinski definition) is 6. The van der Waals surface area contributed by atoms with Crippen LogP contribution < -0.4 is 16.6 Å². The lowest BCUT2D eigenvalue weighted by atomic mass is 10.2. The fourth-order valence-corrected chi connectivity index (χ4v) is 1.97. The Bertz CT molecular complexity index is 610. The molecule has 1 aromatic heterocycles. The van der Waals surface area contributed by atoms with E-state index in [9.17, 15) is 10.1 Å². The molecule has 8 nitrogen and oxygen atoms in total. The second-order valence-corrected chi connectivity index (χ2v) is 4.23. The van der Waals surface area contributed by atoms with Crippen LogP contribution >= 0.6 is 0 Å². The summed E-state index contributed by atoms with van der Waals surface area (Å²) in [6.45, 7) is 0.564. The van der Waals surface area contributed by atoms with E-state index in [4.69, 9.17) is 5.84 Å². The Morgan fingerprint density at radius 1 is 1.40 bits per heavy atom. The highest BCUT2D eigenvalue weighted by atomic mass is 16.6. The summed E-state index contributed by atoms with van der Waals surface area (Å²) in [6, 6.07) is 6.83. The van der Waals surface area contributed by atoms with Crippen LogP contribution in [0.15, 0.2) is 30.5 Å². The van der Waals surface area contributed by atoms with Crippen molar-refractivity contribution in [3.8, 4) is 0 Å². The molecule has 106 valence electrons. The summed E-state index contributed by atoms with van der Waals surface area (Å²) in [5, 5.41) is 18.2. The Labute approximate surface area is 115 Å². The van der Waals surface area contributed by atoms with E-state index >= 15 is 0 Å². The van der Waals surface area contributed by atoms with Gasteiger partial charge in [-0.1, -0.05) is 6.07 Å². The Hall–Kier alpha value is -2.61. The first-order chi connectivity index (χ1) is 9.63. The van der Waals surface area contributed by atoms with Crippen LogP contribution in [0.2, 0.25) is 0 Å². The average molecular weight is 276 g/mol. The monoisotopic (exact) mass is 276 g/mol. The third-order valence-electron chi connectivity index (χ3n) is 2.99. The van der Waals surface area contributed by atoms with Crippen LogP contribution in [0.5, 0.6) is 0 Å². The number of hydrogen-bond donors (Lipinski definition) is 3. The highest BCUT2D eigenvalue weighted by Crippen LogP contribution is 2.31. The number of anilines is 2. The van der Waals surface area contributed by atoms with Crippen molar-refractivity contribution < 1.29 is 4.92 Å². The van der Waals surface area contributed by atoms with Gasteiger partial charge in [0.1, 0.15) is 11.4 Å². The predicted molar refractivity (Wildman–Crippen MR) is 76.3 cm³/mol. The lowest BCUT2D eigenvalue weighted by Crippen LogP contribution is -2.12. The molecule has 0 aliphatic heterocycles. The van der Waals surface area contributed by atoms with E-state index in [-0.39, 0.29) is 11.4 Å². The van der Waals surface area contributed by atoms with Gasteiger partial charge in [0.05, 0.1) is 4.92 Å². The first-order valence-electron chi connectivity index (χ1n) is 6.08. The van der Waals surface area contributed by atoms with E-state index in [1.807, 2.05) is 13.1 Å². The molecule has 0 radical (unpaired) electrons. The molecule has 0 saturated carbocycles. The van der Waals surface area contributed by atoms with Crippen LogP contribution in [-0.2, 0) is 13.5 Å². The summed E-state index contributed by atoms with van der Waals surface area (Å²) in [6.07, 6.45) is 2.44. The number of benzene rings is 1. The molecule has 0 amide bonds. The Kier molecular flexibility index (Phi) is 4.16. The molecule has 0 saturated heterocycles. The minimum Gasteiger partial charge on any atom is -0.379 e. The summed E-state index contributed by atoms with van der Waals surface area (Å²) in [7, 11) is 1.86. The number of hydrazine groups is 1. The smallest absolute Gasteiger partial charge is 0.316 e. The molecule has 0 spiro atoms. The van der Waals surface area contributed by atoms with Crippen LogP contribution in [0.3, 0.4) is 0 Å². The van der Waals surface area contributed by atoms with E-state index < -0.39 is 4.92 Å². The SMILES string of the molecule is Cn1nccc1CCNc1cccc(NN)c1[N+](=O)[O-]. The fourth-order valence-electron chi connectivity index (χ4n) is 1.97. The molecule has 0 atom stereocenters. The van der Waals surface area contributed by atoms with Gasteiger partial charge in [0.15, 0.2) is 0 Å². The molecule has 0 bridgehead atoms. The average Bonchev–Trinajstić information content (AvgIpc) is 2.84. The number of nitrogen functional groups attached to an aromatic ring is 1. The van der Waals surface area contributed by atoms with Gasteiger partial charge in [0.2, 0.25) is 0 Å². The third kappa shape index (κ3) is 2.86. The largest absolute Gasteiger partial charge is 0.379 e. The summed E-state index contributed by atoms with van der Waals surface area (Å²) >= 11 is 0. The van der Waals surface area contributed by atoms with E-state index in [1.165, 1.54) is 0 Å². The molecule has 0 unspecified atom stereocenters. The van der Waals surface area contributed by atoms with Crippen LogP contribution in [0.25, 0.3) is 0 Å². The summed E-state index contributed by atoms with van der Waals surface area (Å²) in [5.74, 6) is 5.29. The predicted octanol–water partition coefficient (Wildman–Crippen LogP) is 1.27. The minimum absolute atomic E-state index is 0.0555. The van der Waals surface area contributed by atoms with Gasteiger partial charge in [-0.3, -0.25) is 20.6 Å². The van der Waals surface area contributed by atoms with Crippen molar-refractivity contribution in [1.29, 1.82) is 0 Å². The number of aromatic nitrogens is 2. The second-order valence-electron chi connectivity index (χ2n) is 4.23. The van der Waals surface area contributed by atoms with Crippen LogP contribution in [0, 0.1) is 10.1 Å². The Balaban J connectivity index is 2.09. The van der Waals surface area contributed by atoms with Gasteiger partial charge in [0, 0.05) is 31.9 Å². The zero-order valence-corrected chi connectivity index (χ0v) is 11.0. The summed E-state index contributed by atoms with van der Waals surface area (Å²) in [4.78, 5) is 10.6. The maximum atomic E-state index is 11.1. The number of nitrogens with one attached hydrogen (secondary N) is 2. The first-order valence-corrected chi connectivity index (χ1v) is 6.08. The maximum absolute atomic E-state index is 11.1. The van der Waals surface area contributed by atoms with Crippen molar-refractivity contribution in [3.63, 3.8) is 0 Å². The fraction of sp³-hybridized carbons (Fsp3) is 0.250. The zero-order valence-electron chi connectivity index (χ0n) is 11.0. The molecule has 1 heterocycles. The molecule has 4 N–H and O–H groups in total. The molecule has 0 fully saturated rings. The summed E-state index contributed by atoms with van der Waals surface area (Å²) < 4.78 is 1.77. The number of rotatable bonds is 6. The third-order valence-corrected chi connectivity index (χ3v) is 2.99. The van der Waals surface area contributed by atoms with Gasteiger partial charge >= 0.3 is 5.69 Å². The minimum atomic E-state index is -0.457. The molecule has 1 aromatic carbocycles. The topological polar surface area (TPSA) is 111 Å². The van der Waals surface area contributed by atoms with Crippen LogP contribution in [0.4, 0.5) is 17.1 Å². The summed E-state index contributed by atoms with van der Waals surface area (Å²) in [5.41, 5.74) is 4.04. The van der Waals surface area contributed by atoms with Crippen molar-refractivity contribution >= 4 is 17.1 Å². The number of nitro groups is 1. The van der Waals surface area contributed by atoms with Gasteiger partial charge in [-0.05, 0) is 18.2 Å². The van der Waals surface area contributed by atoms with Crippen LogP contribution in [0.1, 0.15) is 5.69 Å².